The summed E-state index contributed by atoms with van der Waals surface area (Å²) < 4.78 is 0. The Balaban J connectivity index is 2.48. The molecular weight excluding hydrogens is 198 g/mol. The third kappa shape index (κ3) is 3.74. The minimum absolute atomic E-state index is 0.532. The van der Waals surface area contributed by atoms with E-state index in [0.29, 0.717) is 12.1 Å². The van der Waals surface area contributed by atoms with Crippen molar-refractivity contribution >= 4 is 0 Å². The molecule has 0 heterocycles. The van der Waals surface area contributed by atoms with Crippen molar-refractivity contribution in [3.63, 3.8) is 0 Å². The summed E-state index contributed by atoms with van der Waals surface area (Å²) in [4.78, 5) is 2.47. The van der Waals surface area contributed by atoms with Gasteiger partial charge in [-0.15, -0.1) is 0 Å². The molecule has 1 aliphatic carbocycles. The highest BCUT2D eigenvalue weighted by Gasteiger charge is 2.37. The minimum atomic E-state index is -0.576. The van der Waals surface area contributed by atoms with Crippen molar-refractivity contribution in [3.05, 3.63) is 0 Å². The first-order valence-corrected chi connectivity index (χ1v) is 6.69. The lowest BCUT2D eigenvalue weighted by Crippen LogP contribution is -2.53. The maximum atomic E-state index is 9.94. The van der Waals surface area contributed by atoms with Crippen LogP contribution >= 0.6 is 0 Å². The van der Waals surface area contributed by atoms with Gasteiger partial charge >= 0.3 is 0 Å². The number of rotatable bonds is 5. The van der Waals surface area contributed by atoms with Crippen molar-refractivity contribution in [3.8, 4) is 0 Å². The van der Waals surface area contributed by atoms with Gasteiger partial charge in [0.2, 0.25) is 0 Å². The predicted molar refractivity (Wildman–Crippen MR) is 69.5 cm³/mol. The predicted octanol–water partition coefficient (Wildman–Crippen LogP) is 2.90. The molecule has 0 aromatic heterocycles. The molecule has 0 aliphatic heterocycles. The van der Waals surface area contributed by atoms with Crippen molar-refractivity contribution < 1.29 is 5.11 Å². The van der Waals surface area contributed by atoms with Gasteiger partial charge in [0.05, 0.1) is 5.60 Å². The molecule has 1 saturated carbocycles. The van der Waals surface area contributed by atoms with Crippen molar-refractivity contribution in [1.82, 2.24) is 4.90 Å². The fourth-order valence-electron chi connectivity index (χ4n) is 2.63. The van der Waals surface area contributed by atoms with Gasteiger partial charge in [0, 0.05) is 18.6 Å². The second kappa shape index (κ2) is 5.05. The Hall–Kier alpha value is -0.0800. The molecule has 16 heavy (non-hydrogen) atoms. The minimum Gasteiger partial charge on any atom is -0.389 e. The molecule has 1 aliphatic rings. The normalized spacial score (nSPS) is 26.6. The quantitative estimate of drug-likeness (QED) is 0.780. The lowest BCUT2D eigenvalue weighted by atomic mass is 9.72. The van der Waals surface area contributed by atoms with E-state index >= 15 is 0 Å². The number of nitrogens with zero attached hydrogens (tertiary/aromatic N) is 1. The van der Waals surface area contributed by atoms with Crippen LogP contribution in [-0.2, 0) is 0 Å². The van der Waals surface area contributed by atoms with Crippen LogP contribution in [0.25, 0.3) is 0 Å². The van der Waals surface area contributed by atoms with Gasteiger partial charge in [-0.3, -0.25) is 4.90 Å². The SMILES string of the molecule is CC(C)C1CC(N(CC(C)(C)O)C(C)C)C1. The smallest absolute Gasteiger partial charge is 0.0718 e. The molecule has 0 atom stereocenters. The zero-order valence-electron chi connectivity index (χ0n) is 11.8. The van der Waals surface area contributed by atoms with Crippen molar-refractivity contribution in [1.29, 1.82) is 0 Å². The third-order valence-electron chi connectivity index (χ3n) is 3.79. The van der Waals surface area contributed by atoms with Crippen LogP contribution in [0.4, 0.5) is 0 Å². The second-order valence-electron chi connectivity index (χ2n) is 6.71. The standard InChI is InChI=1S/C14H29NO/c1-10(2)12-7-13(8-12)15(11(3)4)9-14(5,6)16/h10-13,16H,7-9H2,1-6H3. The molecule has 1 rings (SSSR count). The monoisotopic (exact) mass is 227 g/mol. The van der Waals surface area contributed by atoms with Gasteiger partial charge in [0.25, 0.3) is 0 Å². The Morgan fingerprint density at radius 2 is 1.69 bits per heavy atom. The Labute approximate surface area is 101 Å². The van der Waals surface area contributed by atoms with E-state index in [1.54, 1.807) is 0 Å². The maximum absolute atomic E-state index is 9.94. The zero-order chi connectivity index (χ0) is 12.5. The summed E-state index contributed by atoms with van der Waals surface area (Å²) in [6.45, 7) is 13.7. The van der Waals surface area contributed by atoms with E-state index in [-0.39, 0.29) is 0 Å². The maximum Gasteiger partial charge on any atom is 0.0718 e. The Bertz CT molecular complexity index is 211. The van der Waals surface area contributed by atoms with Crippen LogP contribution in [0, 0.1) is 11.8 Å². The highest BCUT2D eigenvalue weighted by Crippen LogP contribution is 2.38. The molecule has 2 nitrogen and oxygen atoms in total. The Kier molecular flexibility index (Phi) is 4.42. The molecule has 96 valence electrons. The molecule has 0 radical (unpaired) electrons. The van der Waals surface area contributed by atoms with Crippen molar-refractivity contribution in [2.24, 2.45) is 11.8 Å². The molecule has 0 bridgehead atoms. The summed E-state index contributed by atoms with van der Waals surface area (Å²) in [6, 6.07) is 1.23. The number of hydrogen-bond acceptors (Lipinski definition) is 2. The summed E-state index contributed by atoms with van der Waals surface area (Å²) in [5.74, 6) is 1.71. The molecule has 1 N–H and O–H groups in total. The van der Waals surface area contributed by atoms with Crippen LogP contribution in [0.1, 0.15) is 54.4 Å². The van der Waals surface area contributed by atoms with Crippen molar-refractivity contribution in [2.75, 3.05) is 6.54 Å². The molecular formula is C14H29NO. The Morgan fingerprint density at radius 1 is 1.19 bits per heavy atom. The van der Waals surface area contributed by atoms with Gasteiger partial charge in [-0.2, -0.15) is 0 Å². The first kappa shape index (κ1) is 14.0. The third-order valence-corrected chi connectivity index (χ3v) is 3.79. The highest BCUT2D eigenvalue weighted by molar-refractivity contribution is 4.91. The van der Waals surface area contributed by atoms with Crippen LogP contribution in [0.15, 0.2) is 0 Å². The van der Waals surface area contributed by atoms with E-state index < -0.39 is 5.60 Å². The largest absolute Gasteiger partial charge is 0.389 e. The first-order valence-electron chi connectivity index (χ1n) is 6.69. The highest BCUT2D eigenvalue weighted by atomic mass is 16.3. The number of aliphatic hydroxyl groups is 1. The number of hydrogen-bond donors (Lipinski definition) is 1. The van der Waals surface area contributed by atoms with Gasteiger partial charge in [0.15, 0.2) is 0 Å². The average molecular weight is 227 g/mol. The lowest BCUT2D eigenvalue weighted by Gasteiger charge is -2.48. The van der Waals surface area contributed by atoms with Gasteiger partial charge in [-0.05, 0) is 52.4 Å². The van der Waals surface area contributed by atoms with Crippen molar-refractivity contribution in [2.45, 2.75) is 72.1 Å². The molecule has 0 unspecified atom stereocenters. The summed E-state index contributed by atoms with van der Waals surface area (Å²) in [5.41, 5.74) is -0.576. The summed E-state index contributed by atoms with van der Waals surface area (Å²) in [7, 11) is 0. The van der Waals surface area contributed by atoms with E-state index in [1.807, 2.05) is 13.8 Å². The average Bonchev–Trinajstić information content (AvgIpc) is 1.95. The second-order valence-corrected chi connectivity index (χ2v) is 6.71. The van der Waals surface area contributed by atoms with E-state index in [2.05, 4.69) is 32.6 Å². The van der Waals surface area contributed by atoms with E-state index in [9.17, 15) is 5.11 Å². The first-order chi connectivity index (χ1) is 7.20. The zero-order valence-corrected chi connectivity index (χ0v) is 11.8. The van der Waals surface area contributed by atoms with Crippen LogP contribution in [0.5, 0.6) is 0 Å². The fraction of sp³-hybridized carbons (Fsp3) is 1.00. The summed E-state index contributed by atoms with van der Waals surface area (Å²) >= 11 is 0. The molecule has 0 amide bonds. The van der Waals surface area contributed by atoms with Crippen LogP contribution < -0.4 is 0 Å². The van der Waals surface area contributed by atoms with Crippen LogP contribution in [-0.4, -0.2) is 34.2 Å². The summed E-state index contributed by atoms with van der Waals surface area (Å²) in [6.07, 6.45) is 2.62. The molecule has 2 heteroatoms. The van der Waals surface area contributed by atoms with Gasteiger partial charge in [0.1, 0.15) is 0 Å². The molecule has 0 aromatic carbocycles. The van der Waals surface area contributed by atoms with Gasteiger partial charge in [-0.1, -0.05) is 13.8 Å². The van der Waals surface area contributed by atoms with E-state index in [4.69, 9.17) is 0 Å². The van der Waals surface area contributed by atoms with Gasteiger partial charge in [-0.25, -0.2) is 0 Å². The van der Waals surface area contributed by atoms with E-state index in [1.165, 1.54) is 12.8 Å². The Morgan fingerprint density at radius 3 is 2.00 bits per heavy atom. The van der Waals surface area contributed by atoms with Crippen LogP contribution in [0.2, 0.25) is 0 Å². The van der Waals surface area contributed by atoms with Crippen LogP contribution in [0.3, 0.4) is 0 Å². The van der Waals surface area contributed by atoms with E-state index in [0.717, 1.165) is 18.4 Å². The molecule has 0 aromatic rings. The lowest BCUT2D eigenvalue weighted by molar-refractivity contribution is -0.0305. The molecule has 0 saturated heterocycles. The molecule has 1 fully saturated rings. The topological polar surface area (TPSA) is 23.5 Å². The summed E-state index contributed by atoms with van der Waals surface area (Å²) in [5, 5.41) is 9.94. The van der Waals surface area contributed by atoms with Gasteiger partial charge < -0.3 is 5.11 Å². The fourth-order valence-corrected chi connectivity index (χ4v) is 2.63. The molecule has 0 spiro atoms.